The van der Waals surface area contributed by atoms with E-state index >= 15 is 0 Å². The Morgan fingerprint density at radius 3 is 2.86 bits per heavy atom. The van der Waals surface area contributed by atoms with Gasteiger partial charge in [-0.3, -0.25) is 0 Å². The summed E-state index contributed by atoms with van der Waals surface area (Å²) >= 11 is 1.89. The van der Waals surface area contributed by atoms with Crippen LogP contribution >= 0.6 is 11.3 Å². The third-order valence-electron chi connectivity index (χ3n) is 2.33. The summed E-state index contributed by atoms with van der Waals surface area (Å²) in [5.74, 6) is 0. The quantitative estimate of drug-likeness (QED) is 0.770. The van der Waals surface area contributed by atoms with Crippen molar-refractivity contribution in [1.82, 2.24) is 10.3 Å². The lowest BCUT2D eigenvalue weighted by molar-refractivity contribution is 0.410. The van der Waals surface area contributed by atoms with Crippen LogP contribution in [0.15, 0.2) is 0 Å². The van der Waals surface area contributed by atoms with Crippen LogP contribution in [0, 0.1) is 5.41 Å². The van der Waals surface area contributed by atoms with Crippen molar-refractivity contribution >= 4 is 11.3 Å². The molecule has 1 aliphatic rings. The molecule has 2 rings (SSSR count). The first-order chi connectivity index (χ1) is 6.54. The second kappa shape index (κ2) is 3.63. The fraction of sp³-hybridized carbons (Fsp3) is 0.727. The smallest absolute Gasteiger partial charge is 0.0936 e. The molecule has 3 heteroatoms. The number of nitrogens with one attached hydrogen (secondary N) is 1. The van der Waals surface area contributed by atoms with Crippen molar-refractivity contribution in [2.75, 3.05) is 6.54 Å². The maximum atomic E-state index is 4.71. The predicted octanol–water partition coefficient (Wildman–Crippen LogP) is 2.38. The Morgan fingerprint density at radius 2 is 2.21 bits per heavy atom. The van der Waals surface area contributed by atoms with Crippen LogP contribution in [-0.2, 0) is 19.4 Å². The zero-order valence-electron chi connectivity index (χ0n) is 9.18. The minimum atomic E-state index is 0.355. The molecule has 0 aromatic carbocycles. The first kappa shape index (κ1) is 10.1. The largest absolute Gasteiger partial charge is 0.311 e. The van der Waals surface area contributed by atoms with Crippen LogP contribution in [0.2, 0.25) is 0 Å². The summed E-state index contributed by atoms with van der Waals surface area (Å²) in [4.78, 5) is 6.17. The topological polar surface area (TPSA) is 24.9 Å². The van der Waals surface area contributed by atoms with Gasteiger partial charge in [-0.25, -0.2) is 4.98 Å². The van der Waals surface area contributed by atoms with Crippen molar-refractivity contribution < 1.29 is 0 Å². The molecule has 14 heavy (non-hydrogen) atoms. The highest BCUT2D eigenvalue weighted by atomic mass is 32.1. The molecule has 0 radical (unpaired) electrons. The Morgan fingerprint density at radius 1 is 1.43 bits per heavy atom. The van der Waals surface area contributed by atoms with Gasteiger partial charge in [-0.2, -0.15) is 0 Å². The van der Waals surface area contributed by atoms with Crippen molar-refractivity contribution in [1.29, 1.82) is 0 Å². The molecule has 0 saturated carbocycles. The lowest BCUT2D eigenvalue weighted by Crippen LogP contribution is -2.22. The molecule has 1 N–H and O–H groups in total. The molecule has 0 atom stereocenters. The average Bonchev–Trinajstić information content (AvgIpc) is 2.42. The Kier molecular flexibility index (Phi) is 2.62. The van der Waals surface area contributed by atoms with Crippen molar-refractivity contribution in [2.24, 2.45) is 5.41 Å². The van der Waals surface area contributed by atoms with Crippen LogP contribution in [0.3, 0.4) is 0 Å². The summed E-state index contributed by atoms with van der Waals surface area (Å²) in [6.07, 6.45) is 2.21. The Labute approximate surface area is 89.8 Å². The van der Waals surface area contributed by atoms with Crippen molar-refractivity contribution in [3.05, 3.63) is 15.6 Å². The van der Waals surface area contributed by atoms with E-state index in [1.54, 1.807) is 0 Å². The summed E-state index contributed by atoms with van der Waals surface area (Å²) in [5, 5.41) is 4.70. The van der Waals surface area contributed by atoms with Crippen LogP contribution in [0.5, 0.6) is 0 Å². The average molecular weight is 210 g/mol. The number of nitrogens with zero attached hydrogens (tertiary/aromatic N) is 1. The minimum absolute atomic E-state index is 0.355. The molecule has 2 nitrogen and oxygen atoms in total. The van der Waals surface area contributed by atoms with E-state index in [0.29, 0.717) is 5.41 Å². The third-order valence-corrected chi connectivity index (χ3v) is 3.43. The summed E-state index contributed by atoms with van der Waals surface area (Å²) in [5.41, 5.74) is 1.70. The van der Waals surface area contributed by atoms with Gasteiger partial charge >= 0.3 is 0 Å². The van der Waals surface area contributed by atoms with Gasteiger partial charge < -0.3 is 5.32 Å². The number of rotatable bonds is 1. The van der Waals surface area contributed by atoms with E-state index in [1.165, 1.54) is 15.6 Å². The molecule has 0 spiro atoms. The van der Waals surface area contributed by atoms with Crippen LogP contribution in [-0.4, -0.2) is 11.5 Å². The van der Waals surface area contributed by atoms with Gasteiger partial charge in [0.15, 0.2) is 0 Å². The van der Waals surface area contributed by atoms with E-state index in [1.807, 2.05) is 11.3 Å². The van der Waals surface area contributed by atoms with E-state index in [2.05, 4.69) is 26.1 Å². The van der Waals surface area contributed by atoms with Crippen LogP contribution < -0.4 is 5.32 Å². The first-order valence-corrected chi connectivity index (χ1v) is 6.04. The molecule has 1 aliphatic heterocycles. The van der Waals surface area contributed by atoms with E-state index in [4.69, 9.17) is 4.98 Å². The maximum absolute atomic E-state index is 4.71. The summed E-state index contributed by atoms with van der Waals surface area (Å²) in [7, 11) is 0. The van der Waals surface area contributed by atoms with Gasteiger partial charge in [0, 0.05) is 30.8 Å². The molecule has 0 unspecified atom stereocenters. The Balaban J connectivity index is 2.16. The molecule has 0 bridgehead atoms. The molecular formula is C11H18N2S. The fourth-order valence-electron chi connectivity index (χ4n) is 1.71. The molecule has 0 aliphatic carbocycles. The molecular weight excluding hydrogens is 192 g/mol. The molecule has 1 aromatic heterocycles. The van der Waals surface area contributed by atoms with E-state index in [0.717, 1.165) is 25.9 Å². The van der Waals surface area contributed by atoms with Gasteiger partial charge in [-0.1, -0.05) is 20.8 Å². The van der Waals surface area contributed by atoms with E-state index in [-0.39, 0.29) is 0 Å². The van der Waals surface area contributed by atoms with Crippen LogP contribution in [0.25, 0.3) is 0 Å². The van der Waals surface area contributed by atoms with Gasteiger partial charge in [0.1, 0.15) is 0 Å². The van der Waals surface area contributed by atoms with Gasteiger partial charge in [0.05, 0.1) is 10.7 Å². The number of aromatic nitrogens is 1. The number of hydrogen-bond acceptors (Lipinski definition) is 3. The number of fused-ring (bicyclic) bond motifs is 1. The highest BCUT2D eigenvalue weighted by molar-refractivity contribution is 7.11. The molecule has 0 fully saturated rings. The first-order valence-electron chi connectivity index (χ1n) is 5.23. The van der Waals surface area contributed by atoms with Crippen LogP contribution in [0.4, 0.5) is 0 Å². The highest BCUT2D eigenvalue weighted by Crippen LogP contribution is 2.27. The van der Waals surface area contributed by atoms with Gasteiger partial charge in [0.25, 0.3) is 0 Å². The Hall–Kier alpha value is -0.410. The standard InChI is InChI=1S/C11H18N2S/c1-11(2,3)6-10-13-8-4-5-12-7-9(8)14-10/h12H,4-7H2,1-3H3. The SMILES string of the molecule is CC(C)(C)Cc1nc2c(s1)CNCC2. The molecule has 2 heterocycles. The van der Waals surface area contributed by atoms with Gasteiger partial charge in [0.2, 0.25) is 0 Å². The normalized spacial score (nSPS) is 16.8. The molecule has 78 valence electrons. The number of thiazole rings is 1. The zero-order valence-corrected chi connectivity index (χ0v) is 10.0. The highest BCUT2D eigenvalue weighted by Gasteiger charge is 2.18. The lowest BCUT2D eigenvalue weighted by atomic mass is 9.93. The van der Waals surface area contributed by atoms with E-state index < -0.39 is 0 Å². The number of hydrogen-bond donors (Lipinski definition) is 1. The monoisotopic (exact) mass is 210 g/mol. The molecule has 1 aromatic rings. The zero-order chi connectivity index (χ0) is 10.2. The second-order valence-corrected chi connectivity index (χ2v) is 6.31. The van der Waals surface area contributed by atoms with Gasteiger partial charge in [-0.05, 0) is 5.41 Å². The lowest BCUT2D eigenvalue weighted by Gasteiger charge is -2.15. The third kappa shape index (κ3) is 2.34. The minimum Gasteiger partial charge on any atom is -0.311 e. The summed E-state index contributed by atoms with van der Waals surface area (Å²) in [6.45, 7) is 8.92. The van der Waals surface area contributed by atoms with Crippen molar-refractivity contribution in [3.63, 3.8) is 0 Å². The Bertz CT molecular complexity index is 299. The fourth-order valence-corrected chi connectivity index (χ4v) is 3.09. The molecule has 0 saturated heterocycles. The summed E-state index contributed by atoms with van der Waals surface area (Å²) in [6, 6.07) is 0. The summed E-state index contributed by atoms with van der Waals surface area (Å²) < 4.78 is 0. The maximum Gasteiger partial charge on any atom is 0.0936 e. The predicted molar refractivity (Wildman–Crippen MR) is 60.7 cm³/mol. The van der Waals surface area contributed by atoms with Crippen LogP contribution in [0.1, 0.15) is 36.3 Å². The van der Waals surface area contributed by atoms with Crippen molar-refractivity contribution in [2.45, 2.75) is 40.2 Å². The van der Waals surface area contributed by atoms with E-state index in [9.17, 15) is 0 Å². The molecule has 0 amide bonds. The van der Waals surface area contributed by atoms with Gasteiger partial charge in [-0.15, -0.1) is 11.3 Å². The second-order valence-electron chi connectivity index (χ2n) is 5.14. The van der Waals surface area contributed by atoms with Crippen molar-refractivity contribution in [3.8, 4) is 0 Å².